The van der Waals surface area contributed by atoms with Crippen LogP contribution in [0.2, 0.25) is 0 Å². The van der Waals surface area contributed by atoms with Gasteiger partial charge in [-0.1, -0.05) is 12.1 Å². The zero-order valence-corrected chi connectivity index (χ0v) is 8.38. The molecule has 0 unspecified atom stereocenters. The highest BCUT2D eigenvalue weighted by Crippen LogP contribution is 2.41. The predicted octanol–water partition coefficient (Wildman–Crippen LogP) is 2.26. The molecular weight excluding hydrogens is 193 g/mol. The van der Waals surface area contributed by atoms with Gasteiger partial charge in [0.25, 0.3) is 0 Å². The first kappa shape index (κ1) is 9.85. The second-order valence-corrected chi connectivity index (χ2v) is 4.07. The quantitative estimate of drug-likeness (QED) is 0.702. The lowest BCUT2D eigenvalue weighted by atomic mass is 9.64. The Bertz CT molecular complexity index is 465. The summed E-state index contributed by atoms with van der Waals surface area (Å²) in [4.78, 5) is 11.0. The normalized spacial score (nSPS) is 18.1. The molecule has 1 aliphatic rings. The summed E-state index contributed by atoms with van der Waals surface area (Å²) >= 11 is 0. The number of halogens is 1. The SMILES string of the molecule is Cc1ccc(C2(C#N)CC(=O)C2)c(F)c1. The van der Waals surface area contributed by atoms with Gasteiger partial charge in [0.05, 0.1) is 11.5 Å². The van der Waals surface area contributed by atoms with Gasteiger partial charge in [0.2, 0.25) is 0 Å². The van der Waals surface area contributed by atoms with Crippen LogP contribution < -0.4 is 0 Å². The summed E-state index contributed by atoms with van der Waals surface area (Å²) in [7, 11) is 0. The van der Waals surface area contributed by atoms with Crippen LogP contribution in [0.1, 0.15) is 24.0 Å². The van der Waals surface area contributed by atoms with Gasteiger partial charge in [-0.2, -0.15) is 5.26 Å². The van der Waals surface area contributed by atoms with Crippen LogP contribution in [0.25, 0.3) is 0 Å². The molecule has 76 valence electrons. The average molecular weight is 203 g/mol. The fourth-order valence-electron chi connectivity index (χ4n) is 1.96. The highest BCUT2D eigenvalue weighted by molar-refractivity contribution is 5.90. The molecule has 2 nitrogen and oxygen atoms in total. The third-order valence-electron chi connectivity index (χ3n) is 2.85. The lowest BCUT2D eigenvalue weighted by molar-refractivity contribution is -0.126. The van der Waals surface area contributed by atoms with Gasteiger partial charge in [-0.25, -0.2) is 4.39 Å². The molecule has 1 aromatic carbocycles. The number of carbonyl (C=O) groups excluding carboxylic acids is 1. The number of hydrogen-bond acceptors (Lipinski definition) is 2. The van der Waals surface area contributed by atoms with Gasteiger partial charge in [0.15, 0.2) is 0 Å². The van der Waals surface area contributed by atoms with Crippen molar-refractivity contribution in [2.45, 2.75) is 25.2 Å². The van der Waals surface area contributed by atoms with Gasteiger partial charge in [-0.15, -0.1) is 0 Å². The lowest BCUT2D eigenvalue weighted by Gasteiger charge is -2.34. The molecule has 0 spiro atoms. The summed E-state index contributed by atoms with van der Waals surface area (Å²) in [6, 6.07) is 6.84. The van der Waals surface area contributed by atoms with Crippen LogP contribution in [-0.4, -0.2) is 5.78 Å². The van der Waals surface area contributed by atoms with Gasteiger partial charge in [0.1, 0.15) is 11.6 Å². The number of hydrogen-bond donors (Lipinski definition) is 0. The van der Waals surface area contributed by atoms with Crippen molar-refractivity contribution in [3.63, 3.8) is 0 Å². The van der Waals surface area contributed by atoms with Crippen molar-refractivity contribution in [2.75, 3.05) is 0 Å². The highest BCUT2D eigenvalue weighted by Gasteiger charge is 2.46. The van der Waals surface area contributed by atoms with Crippen molar-refractivity contribution < 1.29 is 9.18 Å². The number of nitrogens with zero attached hydrogens (tertiary/aromatic N) is 1. The molecule has 2 rings (SSSR count). The average Bonchev–Trinajstić information content (AvgIpc) is 2.13. The van der Waals surface area contributed by atoms with Crippen LogP contribution in [0.3, 0.4) is 0 Å². The molecule has 1 saturated carbocycles. The van der Waals surface area contributed by atoms with E-state index in [1.54, 1.807) is 19.1 Å². The summed E-state index contributed by atoms with van der Waals surface area (Å²) in [6.07, 6.45) is 0.285. The minimum Gasteiger partial charge on any atom is -0.300 e. The molecule has 1 aliphatic carbocycles. The van der Waals surface area contributed by atoms with Crippen molar-refractivity contribution in [1.82, 2.24) is 0 Å². The Labute approximate surface area is 87.3 Å². The van der Waals surface area contributed by atoms with Crippen LogP contribution in [0.15, 0.2) is 18.2 Å². The van der Waals surface area contributed by atoms with Crippen molar-refractivity contribution in [1.29, 1.82) is 5.26 Å². The molecule has 3 heteroatoms. The first-order valence-corrected chi connectivity index (χ1v) is 4.77. The van der Waals surface area contributed by atoms with E-state index >= 15 is 0 Å². The number of Topliss-reactive ketones (excluding diaryl/α,β-unsaturated/α-hetero) is 1. The Morgan fingerprint density at radius 2 is 2.13 bits per heavy atom. The van der Waals surface area contributed by atoms with Crippen molar-refractivity contribution in [2.24, 2.45) is 0 Å². The fraction of sp³-hybridized carbons (Fsp3) is 0.333. The maximum absolute atomic E-state index is 13.6. The van der Waals surface area contributed by atoms with Gasteiger partial charge in [0, 0.05) is 18.4 Å². The van der Waals surface area contributed by atoms with Crippen molar-refractivity contribution in [3.05, 3.63) is 35.1 Å². The van der Waals surface area contributed by atoms with Crippen LogP contribution >= 0.6 is 0 Å². The Morgan fingerprint density at radius 1 is 1.47 bits per heavy atom. The predicted molar refractivity (Wildman–Crippen MR) is 52.7 cm³/mol. The van der Waals surface area contributed by atoms with E-state index in [0.717, 1.165) is 5.56 Å². The van der Waals surface area contributed by atoms with E-state index in [4.69, 9.17) is 5.26 Å². The van der Waals surface area contributed by atoms with E-state index in [1.165, 1.54) is 6.07 Å². The van der Waals surface area contributed by atoms with Crippen LogP contribution in [0.5, 0.6) is 0 Å². The number of rotatable bonds is 1. The second-order valence-electron chi connectivity index (χ2n) is 4.07. The second kappa shape index (κ2) is 3.16. The zero-order chi connectivity index (χ0) is 11.1. The van der Waals surface area contributed by atoms with Gasteiger partial charge in [-0.05, 0) is 18.6 Å². The van der Waals surface area contributed by atoms with Gasteiger partial charge >= 0.3 is 0 Å². The van der Waals surface area contributed by atoms with E-state index in [9.17, 15) is 9.18 Å². The third-order valence-corrected chi connectivity index (χ3v) is 2.85. The van der Waals surface area contributed by atoms with E-state index in [-0.39, 0.29) is 24.4 Å². The van der Waals surface area contributed by atoms with E-state index in [1.807, 2.05) is 0 Å². The van der Waals surface area contributed by atoms with Crippen LogP contribution in [-0.2, 0) is 10.2 Å². The summed E-state index contributed by atoms with van der Waals surface area (Å²) < 4.78 is 13.6. The van der Waals surface area contributed by atoms with E-state index in [0.29, 0.717) is 5.56 Å². The molecule has 0 heterocycles. The number of nitriles is 1. The van der Waals surface area contributed by atoms with Crippen LogP contribution in [0.4, 0.5) is 4.39 Å². The first-order chi connectivity index (χ1) is 7.07. The highest BCUT2D eigenvalue weighted by atomic mass is 19.1. The monoisotopic (exact) mass is 203 g/mol. The van der Waals surface area contributed by atoms with Gasteiger partial charge in [-0.3, -0.25) is 4.79 Å². The Kier molecular flexibility index (Phi) is 2.08. The van der Waals surface area contributed by atoms with Crippen molar-refractivity contribution >= 4 is 5.78 Å². The van der Waals surface area contributed by atoms with E-state index < -0.39 is 5.41 Å². The third kappa shape index (κ3) is 1.42. The summed E-state index contributed by atoms with van der Waals surface area (Å²) in [6.45, 7) is 1.79. The Hall–Kier alpha value is -1.69. The molecule has 1 fully saturated rings. The molecule has 0 atom stereocenters. The van der Waals surface area contributed by atoms with Crippen LogP contribution in [0, 0.1) is 24.1 Å². The standard InChI is InChI=1S/C12H10FNO/c1-8-2-3-10(11(13)4-8)12(7-14)5-9(15)6-12/h2-4H,5-6H2,1H3. The molecule has 0 N–H and O–H groups in total. The van der Waals surface area contributed by atoms with E-state index in [2.05, 4.69) is 6.07 Å². The molecule has 0 aromatic heterocycles. The maximum atomic E-state index is 13.6. The summed E-state index contributed by atoms with van der Waals surface area (Å²) in [5.74, 6) is -0.361. The van der Waals surface area contributed by atoms with Crippen molar-refractivity contribution in [3.8, 4) is 6.07 Å². The number of aryl methyl sites for hydroxylation is 1. The Balaban J connectivity index is 2.46. The minimum atomic E-state index is -0.908. The smallest absolute Gasteiger partial charge is 0.136 e. The topological polar surface area (TPSA) is 40.9 Å². The Morgan fingerprint density at radius 3 is 2.60 bits per heavy atom. The number of carbonyl (C=O) groups is 1. The summed E-state index contributed by atoms with van der Waals surface area (Å²) in [5, 5.41) is 9.03. The number of ketones is 1. The van der Waals surface area contributed by atoms with Gasteiger partial charge < -0.3 is 0 Å². The fourth-order valence-corrected chi connectivity index (χ4v) is 1.96. The molecule has 0 bridgehead atoms. The molecule has 0 aliphatic heterocycles. The molecule has 15 heavy (non-hydrogen) atoms. The molecule has 0 radical (unpaired) electrons. The maximum Gasteiger partial charge on any atom is 0.136 e. The molecule has 0 amide bonds. The minimum absolute atomic E-state index is 0.0246. The molecular formula is C12H10FNO. The first-order valence-electron chi connectivity index (χ1n) is 4.77. The zero-order valence-electron chi connectivity index (χ0n) is 8.38. The molecule has 1 aromatic rings. The largest absolute Gasteiger partial charge is 0.300 e. The summed E-state index contributed by atoms with van der Waals surface area (Å²) in [5.41, 5.74) is 0.264. The lowest BCUT2D eigenvalue weighted by Crippen LogP contribution is -2.41. The molecule has 0 saturated heterocycles. The number of benzene rings is 1.